The lowest BCUT2D eigenvalue weighted by molar-refractivity contribution is -0.124. The van der Waals surface area contributed by atoms with Crippen molar-refractivity contribution in [2.45, 2.75) is 12.8 Å². The van der Waals surface area contributed by atoms with Gasteiger partial charge >= 0.3 is 0 Å². The second-order valence-corrected chi connectivity index (χ2v) is 5.69. The molecular weight excluding hydrogens is 288 g/mol. The fourth-order valence-electron chi connectivity index (χ4n) is 2.86. The fourth-order valence-corrected chi connectivity index (χ4v) is 3.02. The highest BCUT2D eigenvalue weighted by atomic mass is 35.5. The summed E-state index contributed by atoms with van der Waals surface area (Å²) in [6, 6.07) is 5.62. The van der Waals surface area contributed by atoms with E-state index in [4.69, 9.17) is 11.6 Å². The minimum Gasteiger partial charge on any atom is -0.359 e. The SMILES string of the molecule is CNC(=O)C1CCCN(c2ncnc3cc(Cl)ccc23)C1. The Bertz CT molecular complexity index is 676. The Labute approximate surface area is 128 Å². The van der Waals surface area contributed by atoms with E-state index >= 15 is 0 Å². The molecule has 0 radical (unpaired) electrons. The molecule has 0 bridgehead atoms. The van der Waals surface area contributed by atoms with Crippen LogP contribution in [0.1, 0.15) is 12.8 Å². The summed E-state index contributed by atoms with van der Waals surface area (Å²) in [5.74, 6) is 0.993. The predicted octanol–water partition coefficient (Wildman–Crippen LogP) is 2.25. The molecule has 0 saturated carbocycles. The third kappa shape index (κ3) is 2.78. The molecule has 6 heteroatoms. The molecular formula is C15H17ClN4O. The van der Waals surface area contributed by atoms with Crippen LogP contribution in [0.3, 0.4) is 0 Å². The van der Waals surface area contributed by atoms with Crippen molar-refractivity contribution < 1.29 is 4.79 Å². The topological polar surface area (TPSA) is 58.1 Å². The summed E-state index contributed by atoms with van der Waals surface area (Å²) in [5.41, 5.74) is 0.828. The maximum atomic E-state index is 11.9. The Hall–Kier alpha value is -1.88. The number of aromatic nitrogens is 2. The van der Waals surface area contributed by atoms with Crippen LogP contribution in [-0.2, 0) is 4.79 Å². The highest BCUT2D eigenvalue weighted by Crippen LogP contribution is 2.28. The van der Waals surface area contributed by atoms with Crippen molar-refractivity contribution in [3.05, 3.63) is 29.5 Å². The van der Waals surface area contributed by atoms with Crippen molar-refractivity contribution in [2.75, 3.05) is 25.0 Å². The van der Waals surface area contributed by atoms with E-state index in [1.54, 1.807) is 13.4 Å². The lowest BCUT2D eigenvalue weighted by Gasteiger charge is -2.33. The van der Waals surface area contributed by atoms with Crippen LogP contribution in [0.5, 0.6) is 0 Å². The molecule has 1 N–H and O–H groups in total. The van der Waals surface area contributed by atoms with Gasteiger partial charge in [0.1, 0.15) is 12.1 Å². The van der Waals surface area contributed by atoms with Crippen molar-refractivity contribution in [1.82, 2.24) is 15.3 Å². The van der Waals surface area contributed by atoms with Crippen molar-refractivity contribution in [3.8, 4) is 0 Å². The maximum absolute atomic E-state index is 11.9. The summed E-state index contributed by atoms with van der Waals surface area (Å²) in [5, 5.41) is 4.37. The Morgan fingerprint density at radius 1 is 1.43 bits per heavy atom. The van der Waals surface area contributed by atoms with Gasteiger partial charge in [-0.1, -0.05) is 11.6 Å². The Kier molecular flexibility index (Phi) is 3.92. The molecule has 2 heterocycles. The number of piperidine rings is 1. The van der Waals surface area contributed by atoms with E-state index in [2.05, 4.69) is 20.2 Å². The summed E-state index contributed by atoms with van der Waals surface area (Å²) in [6.45, 7) is 1.59. The zero-order valence-corrected chi connectivity index (χ0v) is 12.6. The van der Waals surface area contributed by atoms with Gasteiger partial charge in [-0.15, -0.1) is 0 Å². The Morgan fingerprint density at radius 2 is 2.29 bits per heavy atom. The van der Waals surface area contributed by atoms with Gasteiger partial charge in [0.25, 0.3) is 0 Å². The number of fused-ring (bicyclic) bond motifs is 1. The van der Waals surface area contributed by atoms with E-state index in [9.17, 15) is 4.79 Å². The van der Waals surface area contributed by atoms with E-state index in [1.807, 2.05) is 18.2 Å². The normalized spacial score (nSPS) is 18.8. The van der Waals surface area contributed by atoms with Crippen LogP contribution in [0, 0.1) is 5.92 Å². The highest BCUT2D eigenvalue weighted by molar-refractivity contribution is 6.31. The van der Waals surface area contributed by atoms with Crippen LogP contribution >= 0.6 is 11.6 Å². The lowest BCUT2D eigenvalue weighted by atomic mass is 9.97. The fraction of sp³-hybridized carbons (Fsp3) is 0.400. The molecule has 110 valence electrons. The number of halogens is 1. The van der Waals surface area contributed by atoms with Gasteiger partial charge in [-0.05, 0) is 31.0 Å². The molecule has 1 atom stereocenters. The minimum atomic E-state index is 0.0149. The van der Waals surface area contributed by atoms with Crippen molar-refractivity contribution >= 4 is 34.2 Å². The highest BCUT2D eigenvalue weighted by Gasteiger charge is 2.26. The van der Waals surface area contributed by atoms with Gasteiger partial charge in [0.2, 0.25) is 5.91 Å². The predicted molar refractivity (Wildman–Crippen MR) is 83.6 cm³/mol. The quantitative estimate of drug-likeness (QED) is 0.924. The summed E-state index contributed by atoms with van der Waals surface area (Å²) in [4.78, 5) is 22.7. The second kappa shape index (κ2) is 5.85. The van der Waals surface area contributed by atoms with Crippen LogP contribution in [0.2, 0.25) is 5.02 Å². The van der Waals surface area contributed by atoms with E-state index < -0.39 is 0 Å². The third-order valence-corrected chi connectivity index (χ3v) is 4.15. The first-order valence-electron chi connectivity index (χ1n) is 7.06. The molecule has 1 aliphatic rings. The molecule has 5 nitrogen and oxygen atoms in total. The van der Waals surface area contributed by atoms with Crippen LogP contribution in [0.4, 0.5) is 5.82 Å². The van der Waals surface area contributed by atoms with Gasteiger partial charge in [-0.2, -0.15) is 0 Å². The number of rotatable bonds is 2. The van der Waals surface area contributed by atoms with Gasteiger partial charge in [0, 0.05) is 30.5 Å². The Morgan fingerprint density at radius 3 is 3.10 bits per heavy atom. The van der Waals surface area contributed by atoms with Gasteiger partial charge in [-0.25, -0.2) is 9.97 Å². The third-order valence-electron chi connectivity index (χ3n) is 3.92. The van der Waals surface area contributed by atoms with Crippen LogP contribution in [-0.4, -0.2) is 36.0 Å². The molecule has 21 heavy (non-hydrogen) atoms. The largest absolute Gasteiger partial charge is 0.359 e. The molecule has 0 aliphatic carbocycles. The Balaban J connectivity index is 1.94. The van der Waals surface area contributed by atoms with E-state index in [-0.39, 0.29) is 11.8 Å². The summed E-state index contributed by atoms with van der Waals surface area (Å²) >= 11 is 6.01. The smallest absolute Gasteiger partial charge is 0.224 e. The number of hydrogen-bond donors (Lipinski definition) is 1. The van der Waals surface area contributed by atoms with Crippen molar-refractivity contribution in [1.29, 1.82) is 0 Å². The molecule has 1 unspecified atom stereocenters. The maximum Gasteiger partial charge on any atom is 0.224 e. The molecule has 1 aromatic carbocycles. The molecule has 0 spiro atoms. The first-order chi connectivity index (χ1) is 10.2. The van der Waals surface area contributed by atoms with Crippen LogP contribution in [0.25, 0.3) is 10.9 Å². The zero-order valence-electron chi connectivity index (χ0n) is 11.8. The van der Waals surface area contributed by atoms with Crippen LogP contribution < -0.4 is 10.2 Å². The molecule has 2 aromatic rings. The summed E-state index contributed by atoms with van der Waals surface area (Å²) in [7, 11) is 1.68. The van der Waals surface area contributed by atoms with E-state index in [0.29, 0.717) is 11.6 Å². The number of benzene rings is 1. The number of hydrogen-bond acceptors (Lipinski definition) is 4. The molecule has 3 rings (SSSR count). The number of carbonyl (C=O) groups excluding carboxylic acids is 1. The second-order valence-electron chi connectivity index (χ2n) is 5.26. The standard InChI is InChI=1S/C15H17ClN4O/c1-17-15(21)10-3-2-6-20(8-10)14-12-5-4-11(16)7-13(12)18-9-19-14/h4-5,7,9-10H,2-3,6,8H2,1H3,(H,17,21). The molecule has 1 amide bonds. The summed E-state index contributed by atoms with van der Waals surface area (Å²) < 4.78 is 0. The average molecular weight is 305 g/mol. The molecule has 1 fully saturated rings. The molecule has 1 aliphatic heterocycles. The number of carbonyl (C=O) groups is 1. The van der Waals surface area contributed by atoms with Gasteiger partial charge in [-0.3, -0.25) is 4.79 Å². The molecule has 1 saturated heterocycles. The lowest BCUT2D eigenvalue weighted by Crippen LogP contribution is -2.42. The minimum absolute atomic E-state index is 0.0149. The molecule has 1 aromatic heterocycles. The zero-order chi connectivity index (χ0) is 14.8. The van der Waals surface area contributed by atoms with Gasteiger partial charge < -0.3 is 10.2 Å². The number of nitrogens with one attached hydrogen (secondary N) is 1. The number of anilines is 1. The van der Waals surface area contributed by atoms with Gasteiger partial charge in [0.05, 0.1) is 11.4 Å². The first-order valence-corrected chi connectivity index (χ1v) is 7.43. The van der Waals surface area contributed by atoms with Crippen molar-refractivity contribution in [2.24, 2.45) is 5.92 Å². The van der Waals surface area contributed by atoms with Crippen molar-refractivity contribution in [3.63, 3.8) is 0 Å². The van der Waals surface area contributed by atoms with E-state index in [1.165, 1.54) is 0 Å². The average Bonchev–Trinajstić information content (AvgIpc) is 2.53. The number of amides is 1. The monoisotopic (exact) mass is 304 g/mol. The summed E-state index contributed by atoms with van der Waals surface area (Å²) in [6.07, 6.45) is 3.46. The van der Waals surface area contributed by atoms with E-state index in [0.717, 1.165) is 36.1 Å². The van der Waals surface area contributed by atoms with Gasteiger partial charge in [0.15, 0.2) is 0 Å². The first kappa shape index (κ1) is 14.1. The number of nitrogens with zero attached hydrogens (tertiary/aromatic N) is 3. The van der Waals surface area contributed by atoms with Crippen LogP contribution in [0.15, 0.2) is 24.5 Å².